The zero-order chi connectivity index (χ0) is 12.4. The lowest BCUT2D eigenvalue weighted by Gasteiger charge is -2.02. The first-order valence-corrected chi connectivity index (χ1v) is 6.24. The smallest absolute Gasteiger partial charge is 0.348 e. The third kappa shape index (κ3) is 2.22. The molecule has 4 heteroatoms. The van der Waals surface area contributed by atoms with Gasteiger partial charge in [0.25, 0.3) is 0 Å². The number of aryl methyl sites for hydroxylation is 2. The van der Waals surface area contributed by atoms with E-state index in [1.165, 1.54) is 11.3 Å². The summed E-state index contributed by atoms with van der Waals surface area (Å²) in [5.41, 5.74) is 2.54. The highest BCUT2D eigenvalue weighted by Crippen LogP contribution is 2.30. The van der Waals surface area contributed by atoms with Crippen LogP contribution in [0.5, 0.6) is 0 Å². The number of rotatable bonds is 3. The lowest BCUT2D eigenvalue weighted by Crippen LogP contribution is -1.96. The first-order chi connectivity index (χ1) is 8.13. The topological polar surface area (TPSA) is 50.2 Å². The Morgan fingerprint density at radius 3 is 2.71 bits per heavy atom. The number of benzene rings is 1. The molecule has 88 valence electrons. The molecule has 17 heavy (non-hydrogen) atoms. The summed E-state index contributed by atoms with van der Waals surface area (Å²) < 4.78 is 0. The Labute approximate surface area is 104 Å². The third-order valence-corrected chi connectivity index (χ3v) is 3.76. The van der Waals surface area contributed by atoms with Gasteiger partial charge in [-0.3, -0.25) is 0 Å². The minimum absolute atomic E-state index is 0.330. The van der Waals surface area contributed by atoms with Crippen molar-refractivity contribution in [3.63, 3.8) is 0 Å². The lowest BCUT2D eigenvalue weighted by atomic mass is 10.1. The van der Waals surface area contributed by atoms with Crippen molar-refractivity contribution in [2.45, 2.75) is 20.3 Å². The molecule has 1 aromatic carbocycles. The second-order valence-electron chi connectivity index (χ2n) is 3.76. The first kappa shape index (κ1) is 11.8. The fraction of sp³-hybridized carbons (Fsp3) is 0.231. The van der Waals surface area contributed by atoms with Crippen molar-refractivity contribution < 1.29 is 9.90 Å². The molecule has 0 amide bonds. The van der Waals surface area contributed by atoms with Gasteiger partial charge in [0.15, 0.2) is 0 Å². The number of aromatic nitrogens is 1. The van der Waals surface area contributed by atoms with Crippen molar-refractivity contribution in [1.82, 2.24) is 4.98 Å². The van der Waals surface area contributed by atoms with Gasteiger partial charge < -0.3 is 5.11 Å². The van der Waals surface area contributed by atoms with Crippen LogP contribution in [0.2, 0.25) is 0 Å². The number of thiazole rings is 1. The van der Waals surface area contributed by atoms with Crippen molar-refractivity contribution in [3.05, 3.63) is 39.7 Å². The van der Waals surface area contributed by atoms with Gasteiger partial charge in [-0.2, -0.15) is 0 Å². The molecule has 1 N–H and O–H groups in total. The molecule has 0 spiro atoms. The summed E-state index contributed by atoms with van der Waals surface area (Å²) in [6.07, 6.45) is 0.761. The summed E-state index contributed by atoms with van der Waals surface area (Å²) in [5.74, 6) is -0.902. The van der Waals surface area contributed by atoms with Crippen LogP contribution in [0.1, 0.15) is 27.2 Å². The van der Waals surface area contributed by atoms with Gasteiger partial charge in [0.2, 0.25) is 0 Å². The van der Waals surface area contributed by atoms with Crippen LogP contribution in [0.15, 0.2) is 24.3 Å². The van der Waals surface area contributed by atoms with Crippen molar-refractivity contribution >= 4 is 17.3 Å². The number of carboxylic acid groups (broad SMARTS) is 1. The number of carbonyl (C=O) groups is 1. The monoisotopic (exact) mass is 247 g/mol. The van der Waals surface area contributed by atoms with Crippen LogP contribution in [0.4, 0.5) is 0 Å². The van der Waals surface area contributed by atoms with Gasteiger partial charge >= 0.3 is 5.97 Å². The highest BCUT2D eigenvalue weighted by Gasteiger charge is 2.18. The van der Waals surface area contributed by atoms with Crippen LogP contribution < -0.4 is 0 Å². The quantitative estimate of drug-likeness (QED) is 0.904. The summed E-state index contributed by atoms with van der Waals surface area (Å²) in [6, 6.07) is 7.72. The van der Waals surface area contributed by atoms with Gasteiger partial charge in [-0.15, -0.1) is 11.3 Å². The van der Waals surface area contributed by atoms with Gasteiger partial charge in [-0.25, -0.2) is 9.78 Å². The van der Waals surface area contributed by atoms with Gasteiger partial charge in [-0.05, 0) is 18.9 Å². The standard InChI is InChI=1S/C13H13NO2S/c1-3-10-14-11(12(17-10)13(15)16)9-7-5-4-6-8(9)2/h4-7H,3H2,1-2H3,(H,15,16). The molecular formula is C13H13NO2S. The summed E-state index contributed by atoms with van der Waals surface area (Å²) in [4.78, 5) is 16.0. The van der Waals surface area contributed by atoms with E-state index in [0.29, 0.717) is 10.6 Å². The average Bonchev–Trinajstić information content (AvgIpc) is 2.73. The molecule has 0 aliphatic carbocycles. The van der Waals surface area contributed by atoms with E-state index in [1.807, 2.05) is 38.1 Å². The molecular weight excluding hydrogens is 234 g/mol. The average molecular weight is 247 g/mol. The number of aromatic carboxylic acids is 1. The van der Waals surface area contributed by atoms with Crippen LogP contribution >= 0.6 is 11.3 Å². The Morgan fingerprint density at radius 1 is 1.41 bits per heavy atom. The van der Waals surface area contributed by atoms with Gasteiger partial charge in [0.1, 0.15) is 4.88 Å². The van der Waals surface area contributed by atoms with E-state index < -0.39 is 5.97 Å². The number of nitrogens with zero attached hydrogens (tertiary/aromatic N) is 1. The van der Waals surface area contributed by atoms with E-state index in [1.54, 1.807) is 0 Å². The van der Waals surface area contributed by atoms with Crippen molar-refractivity contribution in [1.29, 1.82) is 0 Å². The first-order valence-electron chi connectivity index (χ1n) is 5.42. The highest BCUT2D eigenvalue weighted by atomic mass is 32.1. The zero-order valence-electron chi connectivity index (χ0n) is 9.73. The van der Waals surface area contributed by atoms with E-state index in [9.17, 15) is 9.90 Å². The normalized spacial score (nSPS) is 10.5. The molecule has 1 heterocycles. The van der Waals surface area contributed by atoms with E-state index in [2.05, 4.69) is 4.98 Å². The lowest BCUT2D eigenvalue weighted by molar-refractivity contribution is 0.0702. The Hall–Kier alpha value is -1.68. The van der Waals surface area contributed by atoms with Crippen LogP contribution in [-0.4, -0.2) is 16.1 Å². The summed E-state index contributed by atoms with van der Waals surface area (Å²) in [7, 11) is 0. The van der Waals surface area contributed by atoms with E-state index in [4.69, 9.17) is 0 Å². The number of hydrogen-bond acceptors (Lipinski definition) is 3. The van der Waals surface area contributed by atoms with Crippen LogP contribution in [0.3, 0.4) is 0 Å². The third-order valence-electron chi connectivity index (χ3n) is 2.57. The maximum Gasteiger partial charge on any atom is 0.348 e. The maximum atomic E-state index is 11.2. The van der Waals surface area contributed by atoms with Crippen molar-refractivity contribution in [3.8, 4) is 11.3 Å². The minimum atomic E-state index is -0.902. The minimum Gasteiger partial charge on any atom is -0.477 e. The van der Waals surface area contributed by atoms with E-state index >= 15 is 0 Å². The Balaban J connectivity index is 2.62. The fourth-order valence-corrected chi connectivity index (χ4v) is 2.54. The molecule has 0 saturated heterocycles. The van der Waals surface area contributed by atoms with Crippen LogP contribution in [0.25, 0.3) is 11.3 Å². The Bertz CT molecular complexity index is 560. The highest BCUT2D eigenvalue weighted by molar-refractivity contribution is 7.14. The molecule has 0 aliphatic heterocycles. The molecule has 0 radical (unpaired) electrons. The molecule has 3 nitrogen and oxygen atoms in total. The summed E-state index contributed by atoms with van der Waals surface area (Å²) >= 11 is 1.26. The Morgan fingerprint density at radius 2 is 2.12 bits per heavy atom. The van der Waals surface area contributed by atoms with Crippen molar-refractivity contribution in [2.75, 3.05) is 0 Å². The second-order valence-corrected chi connectivity index (χ2v) is 4.84. The van der Waals surface area contributed by atoms with Gasteiger partial charge in [0.05, 0.1) is 10.7 Å². The molecule has 0 atom stereocenters. The molecule has 0 saturated carbocycles. The molecule has 2 rings (SSSR count). The second kappa shape index (κ2) is 4.67. The molecule has 0 aliphatic rings. The summed E-state index contributed by atoms with van der Waals surface area (Å²) in [6.45, 7) is 3.94. The molecule has 1 aromatic heterocycles. The fourth-order valence-electron chi connectivity index (χ4n) is 1.68. The van der Waals surface area contributed by atoms with E-state index in [-0.39, 0.29) is 0 Å². The van der Waals surface area contributed by atoms with Crippen molar-refractivity contribution in [2.24, 2.45) is 0 Å². The van der Waals surface area contributed by atoms with Gasteiger partial charge in [-0.1, -0.05) is 31.2 Å². The molecule has 2 aromatic rings. The predicted octanol–water partition coefficient (Wildman–Crippen LogP) is 3.38. The zero-order valence-corrected chi connectivity index (χ0v) is 10.5. The number of carboxylic acids is 1. The molecule has 0 unspecified atom stereocenters. The summed E-state index contributed by atoms with van der Waals surface area (Å²) in [5, 5.41) is 10.1. The van der Waals surface area contributed by atoms with Crippen LogP contribution in [-0.2, 0) is 6.42 Å². The SMILES string of the molecule is CCc1nc(-c2ccccc2C)c(C(=O)O)s1. The maximum absolute atomic E-state index is 11.2. The molecule has 0 fully saturated rings. The molecule has 0 bridgehead atoms. The van der Waals surface area contributed by atoms with Crippen LogP contribution in [0, 0.1) is 6.92 Å². The Kier molecular flexibility index (Phi) is 3.24. The van der Waals surface area contributed by atoms with E-state index in [0.717, 1.165) is 22.6 Å². The largest absolute Gasteiger partial charge is 0.477 e. The van der Waals surface area contributed by atoms with Gasteiger partial charge in [0, 0.05) is 5.56 Å². The predicted molar refractivity (Wildman–Crippen MR) is 68.6 cm³/mol. The number of hydrogen-bond donors (Lipinski definition) is 1.